The Morgan fingerprint density at radius 3 is 2.63 bits per heavy atom. The molecule has 0 bridgehead atoms. The van der Waals surface area contributed by atoms with E-state index in [1.165, 1.54) is 0 Å². The molecule has 4 heteroatoms. The molecular formula is C15H20FN3. The molecule has 19 heavy (non-hydrogen) atoms. The third-order valence-corrected chi connectivity index (χ3v) is 3.12. The first-order chi connectivity index (χ1) is 9.13. The van der Waals surface area contributed by atoms with Crippen molar-refractivity contribution in [2.75, 3.05) is 6.54 Å². The van der Waals surface area contributed by atoms with Crippen molar-refractivity contribution in [2.24, 2.45) is 0 Å². The fourth-order valence-electron chi connectivity index (χ4n) is 2.27. The molecular weight excluding hydrogens is 241 g/mol. The summed E-state index contributed by atoms with van der Waals surface area (Å²) >= 11 is 0. The average molecular weight is 261 g/mol. The number of hydrogen-bond acceptors (Lipinski definition) is 2. The van der Waals surface area contributed by atoms with Gasteiger partial charge >= 0.3 is 0 Å². The SMILES string of the molecule is CCNC(c1cc(C)cc(F)c1)c1cnn(CC)c1. The fourth-order valence-corrected chi connectivity index (χ4v) is 2.27. The molecule has 1 heterocycles. The molecule has 1 aromatic heterocycles. The van der Waals surface area contributed by atoms with Crippen LogP contribution in [0, 0.1) is 12.7 Å². The number of nitrogens with one attached hydrogen (secondary N) is 1. The van der Waals surface area contributed by atoms with Gasteiger partial charge in [0, 0.05) is 18.3 Å². The minimum Gasteiger partial charge on any atom is -0.306 e. The second kappa shape index (κ2) is 5.97. The predicted molar refractivity (Wildman–Crippen MR) is 74.6 cm³/mol. The second-order valence-electron chi connectivity index (χ2n) is 4.68. The predicted octanol–water partition coefficient (Wildman–Crippen LogP) is 3.05. The molecule has 0 aliphatic carbocycles. The lowest BCUT2D eigenvalue weighted by atomic mass is 9.99. The molecule has 0 fully saturated rings. The van der Waals surface area contributed by atoms with Crippen LogP contribution >= 0.6 is 0 Å². The summed E-state index contributed by atoms with van der Waals surface area (Å²) in [4.78, 5) is 0. The summed E-state index contributed by atoms with van der Waals surface area (Å²) in [5, 5.41) is 7.68. The third kappa shape index (κ3) is 3.20. The molecule has 1 N–H and O–H groups in total. The van der Waals surface area contributed by atoms with E-state index in [0.29, 0.717) is 0 Å². The number of benzene rings is 1. The van der Waals surface area contributed by atoms with Crippen LogP contribution < -0.4 is 5.32 Å². The van der Waals surface area contributed by atoms with Gasteiger partial charge in [-0.05, 0) is 43.7 Å². The van der Waals surface area contributed by atoms with Crippen LogP contribution in [-0.4, -0.2) is 16.3 Å². The standard InChI is InChI=1S/C15H20FN3/c1-4-17-15(13-9-18-19(5-2)10-13)12-6-11(3)7-14(16)8-12/h6-10,15,17H,4-5H2,1-3H3. The van der Waals surface area contributed by atoms with E-state index < -0.39 is 0 Å². The van der Waals surface area contributed by atoms with Crippen molar-refractivity contribution in [1.29, 1.82) is 0 Å². The normalized spacial score (nSPS) is 12.6. The molecule has 0 aliphatic heterocycles. The highest BCUT2D eigenvalue weighted by molar-refractivity contribution is 5.32. The van der Waals surface area contributed by atoms with Crippen molar-refractivity contribution in [2.45, 2.75) is 33.4 Å². The van der Waals surface area contributed by atoms with E-state index in [1.807, 2.05) is 43.9 Å². The van der Waals surface area contributed by atoms with E-state index in [-0.39, 0.29) is 11.9 Å². The zero-order chi connectivity index (χ0) is 13.8. The molecule has 1 unspecified atom stereocenters. The van der Waals surface area contributed by atoms with Crippen LogP contribution in [0.4, 0.5) is 4.39 Å². The highest BCUT2D eigenvalue weighted by Gasteiger charge is 2.16. The number of nitrogens with zero attached hydrogens (tertiary/aromatic N) is 2. The maximum atomic E-state index is 13.6. The van der Waals surface area contributed by atoms with Gasteiger partial charge in [0.05, 0.1) is 12.2 Å². The Morgan fingerprint density at radius 2 is 2.05 bits per heavy atom. The number of halogens is 1. The zero-order valence-electron chi connectivity index (χ0n) is 11.7. The number of aromatic nitrogens is 2. The van der Waals surface area contributed by atoms with Gasteiger partial charge < -0.3 is 5.32 Å². The second-order valence-corrected chi connectivity index (χ2v) is 4.68. The topological polar surface area (TPSA) is 29.9 Å². The van der Waals surface area contributed by atoms with Gasteiger partial charge in [-0.3, -0.25) is 4.68 Å². The molecule has 3 nitrogen and oxygen atoms in total. The van der Waals surface area contributed by atoms with Crippen LogP contribution in [0.15, 0.2) is 30.6 Å². The molecule has 0 saturated heterocycles. The Hall–Kier alpha value is -1.68. The van der Waals surface area contributed by atoms with E-state index >= 15 is 0 Å². The lowest BCUT2D eigenvalue weighted by molar-refractivity contribution is 0.600. The molecule has 0 radical (unpaired) electrons. The smallest absolute Gasteiger partial charge is 0.123 e. The van der Waals surface area contributed by atoms with E-state index in [2.05, 4.69) is 10.4 Å². The molecule has 0 aliphatic rings. The van der Waals surface area contributed by atoms with Crippen LogP contribution in [0.3, 0.4) is 0 Å². The van der Waals surface area contributed by atoms with Gasteiger partial charge in [0.15, 0.2) is 0 Å². The Morgan fingerprint density at radius 1 is 1.26 bits per heavy atom. The van der Waals surface area contributed by atoms with Crippen molar-refractivity contribution >= 4 is 0 Å². The number of hydrogen-bond donors (Lipinski definition) is 1. The van der Waals surface area contributed by atoms with Gasteiger partial charge in [-0.1, -0.05) is 13.0 Å². The van der Waals surface area contributed by atoms with Crippen LogP contribution in [-0.2, 0) is 6.54 Å². The molecule has 0 amide bonds. The van der Waals surface area contributed by atoms with Crippen molar-refractivity contribution in [3.63, 3.8) is 0 Å². The molecule has 102 valence electrons. The van der Waals surface area contributed by atoms with Gasteiger partial charge in [-0.15, -0.1) is 0 Å². The van der Waals surface area contributed by atoms with Crippen LogP contribution in [0.1, 0.15) is 36.6 Å². The van der Waals surface area contributed by atoms with Crippen LogP contribution in [0.25, 0.3) is 0 Å². The third-order valence-electron chi connectivity index (χ3n) is 3.12. The summed E-state index contributed by atoms with van der Waals surface area (Å²) in [6.45, 7) is 7.65. The van der Waals surface area contributed by atoms with E-state index in [1.54, 1.807) is 12.1 Å². The van der Waals surface area contributed by atoms with Crippen molar-refractivity contribution in [1.82, 2.24) is 15.1 Å². The largest absolute Gasteiger partial charge is 0.306 e. The monoisotopic (exact) mass is 261 g/mol. The maximum Gasteiger partial charge on any atom is 0.123 e. The van der Waals surface area contributed by atoms with E-state index in [0.717, 1.165) is 29.8 Å². The number of rotatable bonds is 5. The first-order valence-electron chi connectivity index (χ1n) is 6.66. The van der Waals surface area contributed by atoms with Gasteiger partial charge in [-0.2, -0.15) is 5.10 Å². The quantitative estimate of drug-likeness (QED) is 0.896. The van der Waals surface area contributed by atoms with Crippen LogP contribution in [0.2, 0.25) is 0 Å². The molecule has 1 atom stereocenters. The Labute approximate surface area is 113 Å². The Bertz CT molecular complexity index is 528. The van der Waals surface area contributed by atoms with Crippen molar-refractivity contribution < 1.29 is 4.39 Å². The van der Waals surface area contributed by atoms with Gasteiger partial charge in [0.25, 0.3) is 0 Å². The molecule has 0 saturated carbocycles. The molecule has 0 spiro atoms. The van der Waals surface area contributed by atoms with Gasteiger partial charge in [0.1, 0.15) is 5.82 Å². The maximum absolute atomic E-state index is 13.6. The minimum absolute atomic E-state index is 0.0142. The molecule has 2 rings (SSSR count). The van der Waals surface area contributed by atoms with Crippen LogP contribution in [0.5, 0.6) is 0 Å². The number of aryl methyl sites for hydroxylation is 2. The van der Waals surface area contributed by atoms with Crippen molar-refractivity contribution in [3.8, 4) is 0 Å². The molecule has 2 aromatic rings. The van der Waals surface area contributed by atoms with Gasteiger partial charge in [0.2, 0.25) is 0 Å². The summed E-state index contributed by atoms with van der Waals surface area (Å²) < 4.78 is 15.4. The highest BCUT2D eigenvalue weighted by atomic mass is 19.1. The first-order valence-corrected chi connectivity index (χ1v) is 6.66. The van der Waals surface area contributed by atoms with E-state index in [9.17, 15) is 4.39 Å². The summed E-state index contributed by atoms with van der Waals surface area (Å²) in [6.07, 6.45) is 3.85. The summed E-state index contributed by atoms with van der Waals surface area (Å²) in [5.74, 6) is -0.194. The van der Waals surface area contributed by atoms with Gasteiger partial charge in [-0.25, -0.2) is 4.39 Å². The summed E-state index contributed by atoms with van der Waals surface area (Å²) in [6, 6.07) is 5.13. The lowest BCUT2D eigenvalue weighted by Gasteiger charge is -2.17. The fraction of sp³-hybridized carbons (Fsp3) is 0.400. The summed E-state index contributed by atoms with van der Waals surface area (Å²) in [5.41, 5.74) is 2.93. The lowest BCUT2D eigenvalue weighted by Crippen LogP contribution is -2.21. The first kappa shape index (κ1) is 13.7. The minimum atomic E-state index is -0.194. The highest BCUT2D eigenvalue weighted by Crippen LogP contribution is 2.23. The average Bonchev–Trinajstić information content (AvgIpc) is 2.83. The summed E-state index contributed by atoms with van der Waals surface area (Å²) in [7, 11) is 0. The Balaban J connectivity index is 2.38. The zero-order valence-corrected chi connectivity index (χ0v) is 11.7. The van der Waals surface area contributed by atoms with E-state index in [4.69, 9.17) is 0 Å². The Kier molecular flexibility index (Phi) is 4.32. The molecule has 1 aromatic carbocycles. The van der Waals surface area contributed by atoms with Crippen molar-refractivity contribution in [3.05, 3.63) is 53.1 Å².